The number of para-hydroxylation sites is 1. The topological polar surface area (TPSA) is 99.9 Å². The van der Waals surface area contributed by atoms with E-state index in [-0.39, 0.29) is 35.0 Å². The molecular formula is C19H22N4O4S. The van der Waals surface area contributed by atoms with Gasteiger partial charge in [-0.1, -0.05) is 25.1 Å². The fraction of sp³-hybridized carbons (Fsp3) is 0.368. The number of benzene rings is 1. The number of carbonyl (C=O) groups is 1. The SMILES string of the molecule is CCOc1ccccc1C1CC(c2c(O)n(C)c(=S)[nH]c2=O)=NN1C(=O)CC. The highest BCUT2D eigenvalue weighted by molar-refractivity contribution is 7.71. The standard InChI is InChI=1S/C19H22N4O4S/c1-4-15(24)23-13(11-8-6-7-9-14(11)27-5-2)10-12(21-23)16-17(25)20-19(28)22(3)18(16)26/h6-9,13,26H,4-5,10H2,1-3H3,(H,20,25,28). The molecule has 1 aliphatic rings. The van der Waals surface area contributed by atoms with Gasteiger partial charge in [-0.3, -0.25) is 19.1 Å². The number of hydrazone groups is 1. The number of nitrogens with one attached hydrogen (secondary N) is 1. The fourth-order valence-corrected chi connectivity index (χ4v) is 3.39. The summed E-state index contributed by atoms with van der Waals surface area (Å²) >= 11 is 5.02. The summed E-state index contributed by atoms with van der Waals surface area (Å²) in [5, 5.41) is 16.2. The van der Waals surface area contributed by atoms with Crippen molar-refractivity contribution in [1.82, 2.24) is 14.6 Å². The summed E-state index contributed by atoms with van der Waals surface area (Å²) in [4.78, 5) is 27.5. The maximum absolute atomic E-state index is 12.5. The number of carbonyl (C=O) groups excluding carboxylic acids is 1. The first-order valence-electron chi connectivity index (χ1n) is 9.02. The van der Waals surface area contributed by atoms with Crippen LogP contribution in [0.5, 0.6) is 11.6 Å². The van der Waals surface area contributed by atoms with Crippen LogP contribution in [0.25, 0.3) is 0 Å². The molecule has 0 spiro atoms. The molecule has 8 nitrogen and oxygen atoms in total. The third kappa shape index (κ3) is 3.45. The molecule has 0 saturated carbocycles. The third-order valence-corrected chi connectivity index (χ3v) is 5.00. The van der Waals surface area contributed by atoms with Gasteiger partial charge in [-0.2, -0.15) is 5.10 Å². The van der Waals surface area contributed by atoms with Gasteiger partial charge in [0.05, 0.1) is 18.4 Å². The summed E-state index contributed by atoms with van der Waals surface area (Å²) in [7, 11) is 1.55. The predicted octanol–water partition coefficient (Wildman–Crippen LogP) is 2.63. The fourth-order valence-electron chi connectivity index (χ4n) is 3.21. The predicted molar refractivity (Wildman–Crippen MR) is 107 cm³/mol. The lowest BCUT2D eigenvalue weighted by atomic mass is 9.98. The number of aromatic nitrogens is 2. The first-order chi connectivity index (χ1) is 13.4. The van der Waals surface area contributed by atoms with Gasteiger partial charge >= 0.3 is 0 Å². The molecule has 0 fully saturated rings. The maximum Gasteiger partial charge on any atom is 0.264 e. The first-order valence-corrected chi connectivity index (χ1v) is 9.43. The smallest absolute Gasteiger partial charge is 0.264 e. The minimum Gasteiger partial charge on any atom is -0.494 e. The van der Waals surface area contributed by atoms with Gasteiger partial charge in [-0.25, -0.2) is 5.01 Å². The minimum absolute atomic E-state index is 0.0152. The number of aromatic hydroxyl groups is 1. The van der Waals surface area contributed by atoms with Gasteiger partial charge in [0.15, 0.2) is 4.77 Å². The second-order valence-electron chi connectivity index (χ2n) is 6.35. The van der Waals surface area contributed by atoms with Crippen molar-refractivity contribution in [2.45, 2.75) is 32.7 Å². The van der Waals surface area contributed by atoms with Crippen LogP contribution in [-0.4, -0.2) is 37.9 Å². The Morgan fingerprint density at radius 2 is 2.11 bits per heavy atom. The van der Waals surface area contributed by atoms with E-state index < -0.39 is 11.6 Å². The molecule has 1 aromatic heterocycles. The van der Waals surface area contributed by atoms with Crippen LogP contribution in [0.1, 0.15) is 43.9 Å². The molecule has 28 heavy (non-hydrogen) atoms. The van der Waals surface area contributed by atoms with Crippen LogP contribution in [0, 0.1) is 4.77 Å². The molecule has 2 N–H and O–H groups in total. The zero-order valence-electron chi connectivity index (χ0n) is 15.9. The van der Waals surface area contributed by atoms with Gasteiger partial charge < -0.3 is 9.84 Å². The average molecular weight is 402 g/mol. The van der Waals surface area contributed by atoms with Crippen LogP contribution >= 0.6 is 12.2 Å². The number of nitrogens with zero attached hydrogens (tertiary/aromatic N) is 3. The van der Waals surface area contributed by atoms with E-state index in [0.29, 0.717) is 18.1 Å². The van der Waals surface area contributed by atoms with Crippen molar-refractivity contribution in [3.8, 4) is 11.6 Å². The van der Waals surface area contributed by atoms with E-state index in [1.807, 2.05) is 31.2 Å². The summed E-state index contributed by atoms with van der Waals surface area (Å²) in [6, 6.07) is 7.00. The van der Waals surface area contributed by atoms with Crippen LogP contribution < -0.4 is 10.3 Å². The Labute approximate surface area is 167 Å². The lowest BCUT2D eigenvalue weighted by molar-refractivity contribution is -0.132. The van der Waals surface area contributed by atoms with Crippen LogP contribution in [0.4, 0.5) is 0 Å². The van der Waals surface area contributed by atoms with E-state index in [4.69, 9.17) is 17.0 Å². The van der Waals surface area contributed by atoms with Crippen LogP contribution in [0.3, 0.4) is 0 Å². The van der Waals surface area contributed by atoms with Crippen LogP contribution in [0.15, 0.2) is 34.2 Å². The van der Waals surface area contributed by atoms with E-state index in [1.165, 1.54) is 9.58 Å². The zero-order chi connectivity index (χ0) is 20.4. The van der Waals surface area contributed by atoms with Crippen molar-refractivity contribution in [2.24, 2.45) is 12.1 Å². The van der Waals surface area contributed by atoms with Crippen molar-refractivity contribution in [3.63, 3.8) is 0 Å². The molecule has 3 rings (SSSR count). The van der Waals surface area contributed by atoms with Crippen molar-refractivity contribution >= 4 is 23.8 Å². The second kappa shape index (κ2) is 7.97. The van der Waals surface area contributed by atoms with E-state index in [0.717, 1.165) is 5.56 Å². The Morgan fingerprint density at radius 3 is 2.79 bits per heavy atom. The first kappa shape index (κ1) is 19.8. The lowest BCUT2D eigenvalue weighted by Crippen LogP contribution is -2.26. The number of aromatic amines is 1. The van der Waals surface area contributed by atoms with Gasteiger partial charge in [0, 0.05) is 25.5 Å². The molecule has 1 aromatic carbocycles. The molecule has 1 atom stereocenters. The minimum atomic E-state index is -0.540. The number of H-pyrrole nitrogens is 1. The summed E-state index contributed by atoms with van der Waals surface area (Å²) in [6.07, 6.45) is 0.522. The summed E-state index contributed by atoms with van der Waals surface area (Å²) in [6.45, 7) is 4.11. The Balaban J connectivity index is 2.11. The normalized spacial score (nSPS) is 16.2. The molecule has 148 valence electrons. The van der Waals surface area contributed by atoms with Crippen molar-refractivity contribution in [1.29, 1.82) is 0 Å². The quantitative estimate of drug-likeness (QED) is 0.749. The van der Waals surface area contributed by atoms with Gasteiger partial charge in [0.2, 0.25) is 11.8 Å². The van der Waals surface area contributed by atoms with Gasteiger partial charge in [-0.05, 0) is 25.2 Å². The molecule has 0 aliphatic carbocycles. The molecule has 9 heteroatoms. The number of amides is 1. The molecular weight excluding hydrogens is 380 g/mol. The second-order valence-corrected chi connectivity index (χ2v) is 6.73. The number of hydrogen-bond donors (Lipinski definition) is 2. The molecule has 0 radical (unpaired) electrons. The summed E-state index contributed by atoms with van der Waals surface area (Å²) in [5.74, 6) is 0.187. The van der Waals surface area contributed by atoms with E-state index >= 15 is 0 Å². The monoisotopic (exact) mass is 402 g/mol. The molecule has 1 amide bonds. The third-order valence-electron chi connectivity index (χ3n) is 4.63. The van der Waals surface area contributed by atoms with Gasteiger partial charge in [0.25, 0.3) is 5.56 Å². The van der Waals surface area contributed by atoms with Crippen molar-refractivity contribution in [2.75, 3.05) is 6.61 Å². The van der Waals surface area contributed by atoms with E-state index in [1.54, 1.807) is 14.0 Å². The zero-order valence-corrected chi connectivity index (χ0v) is 16.7. The molecule has 1 aliphatic heterocycles. The number of hydrogen-bond acceptors (Lipinski definition) is 6. The highest BCUT2D eigenvalue weighted by Crippen LogP contribution is 2.38. The molecule has 2 aromatic rings. The molecule has 1 unspecified atom stereocenters. The average Bonchev–Trinajstić information content (AvgIpc) is 3.11. The molecule has 2 heterocycles. The summed E-state index contributed by atoms with van der Waals surface area (Å²) in [5.41, 5.74) is 0.593. The van der Waals surface area contributed by atoms with Crippen molar-refractivity contribution < 1.29 is 14.6 Å². The van der Waals surface area contributed by atoms with Crippen LogP contribution in [0.2, 0.25) is 0 Å². The molecule has 0 bridgehead atoms. The highest BCUT2D eigenvalue weighted by Gasteiger charge is 2.36. The number of ether oxygens (including phenoxy) is 1. The Hall–Kier alpha value is -2.94. The summed E-state index contributed by atoms with van der Waals surface area (Å²) < 4.78 is 7.11. The lowest BCUT2D eigenvalue weighted by Gasteiger charge is -2.23. The highest BCUT2D eigenvalue weighted by atomic mass is 32.1. The van der Waals surface area contributed by atoms with Gasteiger partial charge in [0.1, 0.15) is 11.3 Å². The van der Waals surface area contributed by atoms with Crippen molar-refractivity contribution in [3.05, 3.63) is 50.5 Å². The van der Waals surface area contributed by atoms with E-state index in [9.17, 15) is 14.7 Å². The number of rotatable bonds is 5. The maximum atomic E-state index is 12.5. The Morgan fingerprint density at radius 1 is 1.39 bits per heavy atom. The molecule has 0 saturated heterocycles. The van der Waals surface area contributed by atoms with E-state index in [2.05, 4.69) is 10.1 Å². The largest absolute Gasteiger partial charge is 0.494 e. The Kier molecular flexibility index (Phi) is 5.64. The van der Waals surface area contributed by atoms with Gasteiger partial charge in [-0.15, -0.1) is 0 Å². The van der Waals surface area contributed by atoms with Crippen LogP contribution in [-0.2, 0) is 11.8 Å². The Bertz CT molecular complexity index is 1060.